The van der Waals surface area contributed by atoms with Gasteiger partial charge < -0.3 is 13.9 Å². The lowest BCUT2D eigenvalue weighted by molar-refractivity contribution is 0.669. The summed E-state index contributed by atoms with van der Waals surface area (Å²) >= 11 is 0. The molecule has 0 aliphatic carbocycles. The first-order valence-corrected chi connectivity index (χ1v) is 18.8. The van der Waals surface area contributed by atoms with Gasteiger partial charge in [0.1, 0.15) is 11.2 Å². The summed E-state index contributed by atoms with van der Waals surface area (Å²) < 4.78 is 8.67. The van der Waals surface area contributed by atoms with Crippen LogP contribution in [-0.2, 0) is 0 Å². The van der Waals surface area contributed by atoms with Gasteiger partial charge in [-0.3, -0.25) is 0 Å². The van der Waals surface area contributed by atoms with Crippen LogP contribution in [-0.4, -0.2) is 4.57 Å². The van der Waals surface area contributed by atoms with E-state index in [0.29, 0.717) is 0 Å². The molecule has 0 N–H and O–H groups in total. The first-order chi connectivity index (χ1) is 27.3. The first-order valence-electron chi connectivity index (χ1n) is 18.8. The van der Waals surface area contributed by atoms with Crippen LogP contribution in [0.25, 0.3) is 82.5 Å². The van der Waals surface area contributed by atoms with Gasteiger partial charge in [-0.1, -0.05) is 146 Å². The third-order valence-electron chi connectivity index (χ3n) is 11.0. The van der Waals surface area contributed by atoms with E-state index < -0.39 is 0 Å². The van der Waals surface area contributed by atoms with E-state index in [9.17, 15) is 0 Å². The van der Waals surface area contributed by atoms with Crippen molar-refractivity contribution in [1.82, 2.24) is 4.57 Å². The lowest BCUT2D eigenvalue weighted by Crippen LogP contribution is -2.13. The lowest BCUT2D eigenvalue weighted by atomic mass is 9.94. The summed E-state index contributed by atoms with van der Waals surface area (Å²) in [6.07, 6.45) is 0. The molecule has 0 unspecified atom stereocenters. The predicted molar refractivity (Wildman–Crippen MR) is 231 cm³/mol. The van der Waals surface area contributed by atoms with E-state index in [-0.39, 0.29) is 0 Å². The second kappa shape index (κ2) is 12.6. The molecule has 2 heterocycles. The molecule has 0 spiro atoms. The quantitative estimate of drug-likeness (QED) is 0.172. The average Bonchev–Trinajstić information content (AvgIpc) is 3.80. The van der Waals surface area contributed by atoms with Crippen LogP contribution in [0.1, 0.15) is 0 Å². The van der Waals surface area contributed by atoms with Gasteiger partial charge in [-0.05, 0) is 82.6 Å². The van der Waals surface area contributed by atoms with Gasteiger partial charge in [-0.2, -0.15) is 0 Å². The van der Waals surface area contributed by atoms with E-state index in [4.69, 9.17) is 4.42 Å². The third kappa shape index (κ3) is 4.98. The first kappa shape index (κ1) is 31.2. The molecule has 0 saturated heterocycles. The average molecular weight is 703 g/mol. The van der Waals surface area contributed by atoms with Crippen LogP contribution in [0.15, 0.2) is 211 Å². The van der Waals surface area contributed by atoms with Gasteiger partial charge in [-0.25, -0.2) is 0 Å². The third-order valence-corrected chi connectivity index (χ3v) is 11.0. The number of aromatic nitrogens is 1. The molecule has 0 radical (unpaired) electrons. The van der Waals surface area contributed by atoms with E-state index in [1.807, 2.05) is 12.1 Å². The van der Waals surface area contributed by atoms with Crippen LogP contribution >= 0.6 is 0 Å². The second-order valence-electron chi connectivity index (χ2n) is 14.1. The molecule has 0 atom stereocenters. The monoisotopic (exact) mass is 702 g/mol. The van der Waals surface area contributed by atoms with Crippen LogP contribution in [0, 0.1) is 0 Å². The molecular formula is C52H34N2O. The molecule has 55 heavy (non-hydrogen) atoms. The molecule has 3 heteroatoms. The Hall–Kier alpha value is -7.36. The molecule has 11 rings (SSSR count). The summed E-state index contributed by atoms with van der Waals surface area (Å²) in [6.45, 7) is 0. The molecule has 0 amide bonds. The van der Waals surface area contributed by atoms with E-state index >= 15 is 0 Å². The van der Waals surface area contributed by atoms with E-state index in [1.54, 1.807) is 0 Å². The molecule has 3 nitrogen and oxygen atoms in total. The number of rotatable bonds is 6. The Balaban J connectivity index is 1.24. The lowest BCUT2D eigenvalue weighted by Gasteiger charge is -2.31. The van der Waals surface area contributed by atoms with Crippen molar-refractivity contribution in [2.75, 3.05) is 4.90 Å². The standard InChI is InChI=1S/C52H34N2O/c1-2-18-37(19-3-1)53-47-28-12-8-24-43(47)52-48(53)29-15-30-49(52)54(46-27-11-7-22-41(46)40-25-14-17-35-16-4-5-20-38(35)40)45-26-10-6-21-39(45)36-32-33-51-44(34-36)42-23-9-13-31-50(42)55-51/h1-34H. The zero-order valence-corrected chi connectivity index (χ0v) is 29.9. The van der Waals surface area contributed by atoms with E-state index in [0.717, 1.165) is 66.9 Å². The summed E-state index contributed by atoms with van der Waals surface area (Å²) in [6, 6.07) is 74.1. The topological polar surface area (TPSA) is 21.3 Å². The fraction of sp³-hybridized carbons (Fsp3) is 0. The Bertz CT molecular complexity index is 3220. The minimum Gasteiger partial charge on any atom is -0.456 e. The molecule has 0 fully saturated rings. The molecule has 2 aromatic heterocycles. The number of fused-ring (bicyclic) bond motifs is 7. The number of benzene rings is 9. The molecule has 9 aromatic carbocycles. The number of nitrogens with zero attached hydrogens (tertiary/aromatic N) is 2. The number of para-hydroxylation sites is 5. The second-order valence-corrected chi connectivity index (χ2v) is 14.1. The Kier molecular flexibility index (Phi) is 7.17. The number of hydrogen-bond donors (Lipinski definition) is 0. The number of hydrogen-bond acceptors (Lipinski definition) is 2. The van der Waals surface area contributed by atoms with Crippen molar-refractivity contribution in [1.29, 1.82) is 0 Å². The summed E-state index contributed by atoms with van der Waals surface area (Å²) in [5.41, 5.74) is 13.2. The highest BCUT2D eigenvalue weighted by Gasteiger charge is 2.25. The van der Waals surface area contributed by atoms with Crippen LogP contribution in [0.4, 0.5) is 17.1 Å². The maximum atomic E-state index is 6.27. The van der Waals surface area contributed by atoms with E-state index in [1.165, 1.54) is 32.6 Å². The molecular weight excluding hydrogens is 669 g/mol. The van der Waals surface area contributed by atoms with Gasteiger partial charge in [-0.15, -0.1) is 0 Å². The molecule has 0 aliphatic heterocycles. The molecule has 11 aromatic rings. The highest BCUT2D eigenvalue weighted by molar-refractivity contribution is 6.18. The minimum atomic E-state index is 0.888. The molecule has 0 saturated carbocycles. The smallest absolute Gasteiger partial charge is 0.135 e. The highest BCUT2D eigenvalue weighted by atomic mass is 16.3. The van der Waals surface area contributed by atoms with Crippen molar-refractivity contribution in [3.8, 4) is 27.9 Å². The van der Waals surface area contributed by atoms with Crippen molar-refractivity contribution >= 4 is 71.6 Å². The fourth-order valence-electron chi connectivity index (χ4n) is 8.59. The zero-order chi connectivity index (χ0) is 36.3. The molecule has 258 valence electrons. The molecule has 0 bridgehead atoms. The summed E-state index contributed by atoms with van der Waals surface area (Å²) in [5, 5.41) is 7.07. The Labute approximate surface area is 318 Å². The van der Waals surface area contributed by atoms with Crippen LogP contribution < -0.4 is 4.90 Å². The predicted octanol–water partition coefficient (Wildman–Crippen LogP) is 14.6. The Morgan fingerprint density at radius 1 is 0.364 bits per heavy atom. The van der Waals surface area contributed by atoms with Crippen LogP contribution in [0.3, 0.4) is 0 Å². The Morgan fingerprint density at radius 2 is 0.945 bits per heavy atom. The van der Waals surface area contributed by atoms with Crippen LogP contribution in [0.2, 0.25) is 0 Å². The normalized spacial score (nSPS) is 11.6. The number of anilines is 3. The zero-order valence-electron chi connectivity index (χ0n) is 29.9. The van der Waals surface area contributed by atoms with Crippen molar-refractivity contribution in [2.45, 2.75) is 0 Å². The van der Waals surface area contributed by atoms with Crippen molar-refractivity contribution in [2.24, 2.45) is 0 Å². The summed E-state index contributed by atoms with van der Waals surface area (Å²) in [7, 11) is 0. The Morgan fingerprint density at radius 3 is 1.82 bits per heavy atom. The van der Waals surface area contributed by atoms with Gasteiger partial charge in [0.05, 0.1) is 28.1 Å². The maximum absolute atomic E-state index is 6.27. The minimum absolute atomic E-state index is 0.888. The molecule has 0 aliphatic rings. The van der Waals surface area contributed by atoms with Crippen molar-refractivity contribution < 1.29 is 4.42 Å². The highest BCUT2D eigenvalue weighted by Crippen LogP contribution is 2.49. The van der Waals surface area contributed by atoms with Gasteiger partial charge in [0, 0.05) is 38.4 Å². The van der Waals surface area contributed by atoms with Gasteiger partial charge in [0.2, 0.25) is 0 Å². The van der Waals surface area contributed by atoms with Gasteiger partial charge in [0.15, 0.2) is 0 Å². The fourth-order valence-corrected chi connectivity index (χ4v) is 8.59. The van der Waals surface area contributed by atoms with Crippen molar-refractivity contribution in [3.63, 3.8) is 0 Å². The summed E-state index contributed by atoms with van der Waals surface area (Å²) in [4.78, 5) is 2.49. The maximum Gasteiger partial charge on any atom is 0.135 e. The van der Waals surface area contributed by atoms with Crippen molar-refractivity contribution in [3.05, 3.63) is 206 Å². The largest absolute Gasteiger partial charge is 0.456 e. The van der Waals surface area contributed by atoms with Crippen LogP contribution in [0.5, 0.6) is 0 Å². The van der Waals surface area contributed by atoms with E-state index in [2.05, 4.69) is 204 Å². The SMILES string of the molecule is c1ccc(-n2c3ccccc3c3c(N(c4ccccc4-c4ccc5oc6ccccc6c5c4)c4ccccc4-c4cccc5ccccc45)cccc32)cc1. The number of furan rings is 1. The summed E-state index contributed by atoms with van der Waals surface area (Å²) in [5.74, 6) is 0. The van der Waals surface area contributed by atoms with Gasteiger partial charge in [0.25, 0.3) is 0 Å². The van der Waals surface area contributed by atoms with Gasteiger partial charge >= 0.3 is 0 Å².